The molecule has 0 aliphatic heterocycles. The van der Waals surface area contributed by atoms with Crippen LogP contribution in [0.4, 0.5) is 0 Å². The van der Waals surface area contributed by atoms with Gasteiger partial charge in [0.1, 0.15) is 11.7 Å². The summed E-state index contributed by atoms with van der Waals surface area (Å²) in [7, 11) is 1.25. The van der Waals surface area contributed by atoms with Crippen molar-refractivity contribution in [3.8, 4) is 0 Å². The Kier molecular flexibility index (Phi) is 4.97. The molecule has 0 spiro atoms. The largest absolute Gasteiger partial charge is 0.468 e. The van der Waals surface area contributed by atoms with E-state index >= 15 is 0 Å². The van der Waals surface area contributed by atoms with Crippen LogP contribution in [-0.4, -0.2) is 18.9 Å². The minimum absolute atomic E-state index is 0.220. The van der Waals surface area contributed by atoms with E-state index in [1.165, 1.54) is 14.0 Å². The van der Waals surface area contributed by atoms with Gasteiger partial charge in [-0.25, -0.2) is 0 Å². The standard InChI is InChI=1S/C12H12Cl2O3/c1-7(15)10(12(16)17-2)5-8-3-4-9(13)6-11(8)14/h3-4,6,10H,5H2,1-2H3. The smallest absolute Gasteiger partial charge is 0.316 e. The Balaban J connectivity index is 2.94. The third-order valence-corrected chi connectivity index (χ3v) is 3.00. The summed E-state index contributed by atoms with van der Waals surface area (Å²) in [5.74, 6) is -1.62. The highest BCUT2D eigenvalue weighted by atomic mass is 35.5. The molecule has 0 amide bonds. The summed E-state index contributed by atoms with van der Waals surface area (Å²) in [6.07, 6.45) is 0.220. The van der Waals surface area contributed by atoms with Crippen molar-refractivity contribution in [3.63, 3.8) is 0 Å². The second-order valence-corrected chi connectivity index (χ2v) is 4.47. The minimum atomic E-state index is -0.821. The van der Waals surface area contributed by atoms with Crippen LogP contribution < -0.4 is 0 Å². The average Bonchev–Trinajstić information content (AvgIpc) is 2.26. The number of esters is 1. The summed E-state index contributed by atoms with van der Waals surface area (Å²) in [6, 6.07) is 4.94. The number of Topliss-reactive ketones (excluding diaryl/α,β-unsaturated/α-hetero) is 1. The molecular formula is C12H12Cl2O3. The third-order valence-electron chi connectivity index (χ3n) is 2.42. The fourth-order valence-electron chi connectivity index (χ4n) is 1.44. The molecule has 0 bridgehead atoms. The van der Waals surface area contributed by atoms with Crippen LogP contribution in [0.2, 0.25) is 10.0 Å². The van der Waals surface area contributed by atoms with Crippen molar-refractivity contribution in [2.24, 2.45) is 5.92 Å². The summed E-state index contributed by atoms with van der Waals surface area (Å²) >= 11 is 11.7. The van der Waals surface area contributed by atoms with Gasteiger partial charge < -0.3 is 4.74 Å². The van der Waals surface area contributed by atoms with Gasteiger partial charge in [-0.15, -0.1) is 0 Å². The molecule has 0 aliphatic rings. The molecule has 0 fully saturated rings. The van der Waals surface area contributed by atoms with E-state index in [4.69, 9.17) is 23.2 Å². The number of benzene rings is 1. The molecule has 3 nitrogen and oxygen atoms in total. The van der Waals surface area contributed by atoms with Gasteiger partial charge in [0.25, 0.3) is 0 Å². The monoisotopic (exact) mass is 274 g/mol. The van der Waals surface area contributed by atoms with Crippen LogP contribution in [-0.2, 0) is 20.7 Å². The summed E-state index contributed by atoms with van der Waals surface area (Å²) in [6.45, 7) is 1.35. The molecule has 1 aromatic carbocycles. The van der Waals surface area contributed by atoms with Crippen molar-refractivity contribution >= 4 is 35.0 Å². The molecule has 0 heterocycles. The van der Waals surface area contributed by atoms with Gasteiger partial charge in [-0.2, -0.15) is 0 Å². The lowest BCUT2D eigenvalue weighted by Crippen LogP contribution is -2.25. The first-order valence-electron chi connectivity index (χ1n) is 4.98. The van der Waals surface area contributed by atoms with Crippen LogP contribution in [0.15, 0.2) is 18.2 Å². The number of rotatable bonds is 4. The topological polar surface area (TPSA) is 43.4 Å². The fourth-order valence-corrected chi connectivity index (χ4v) is 1.93. The van der Waals surface area contributed by atoms with E-state index in [1.807, 2.05) is 0 Å². The highest BCUT2D eigenvalue weighted by Crippen LogP contribution is 2.24. The Morgan fingerprint density at radius 1 is 1.35 bits per heavy atom. The van der Waals surface area contributed by atoms with Crippen molar-refractivity contribution < 1.29 is 14.3 Å². The first-order chi connectivity index (χ1) is 7.95. The lowest BCUT2D eigenvalue weighted by Gasteiger charge is -2.12. The Hall–Kier alpha value is -1.06. The number of ketones is 1. The molecule has 0 aromatic heterocycles. The number of carbonyl (C=O) groups is 2. The molecule has 1 rings (SSSR count). The van der Waals surface area contributed by atoms with Gasteiger partial charge in [-0.05, 0) is 31.0 Å². The number of methoxy groups -OCH3 is 1. The highest BCUT2D eigenvalue weighted by molar-refractivity contribution is 6.35. The summed E-state index contributed by atoms with van der Waals surface area (Å²) in [5, 5.41) is 0.948. The second-order valence-electron chi connectivity index (χ2n) is 3.63. The Bertz CT molecular complexity index is 443. The van der Waals surface area contributed by atoms with E-state index in [-0.39, 0.29) is 12.2 Å². The van der Waals surface area contributed by atoms with E-state index < -0.39 is 11.9 Å². The Morgan fingerprint density at radius 2 is 2.00 bits per heavy atom. The van der Waals surface area contributed by atoms with E-state index in [0.717, 1.165) is 0 Å². The zero-order chi connectivity index (χ0) is 13.0. The first kappa shape index (κ1) is 14.0. The third kappa shape index (κ3) is 3.72. The van der Waals surface area contributed by atoms with Gasteiger partial charge in [0.15, 0.2) is 0 Å². The van der Waals surface area contributed by atoms with Gasteiger partial charge in [-0.1, -0.05) is 29.3 Å². The van der Waals surface area contributed by atoms with Crippen LogP contribution >= 0.6 is 23.2 Å². The normalized spacial score (nSPS) is 12.0. The van der Waals surface area contributed by atoms with Gasteiger partial charge in [0.05, 0.1) is 7.11 Å². The molecule has 5 heteroatoms. The molecule has 0 aliphatic carbocycles. The number of ether oxygens (including phenoxy) is 1. The van der Waals surface area contributed by atoms with Gasteiger partial charge >= 0.3 is 5.97 Å². The molecular weight excluding hydrogens is 263 g/mol. The fraction of sp³-hybridized carbons (Fsp3) is 0.333. The number of carbonyl (C=O) groups excluding carboxylic acids is 2. The number of halogens is 2. The van der Waals surface area contributed by atoms with Crippen LogP contribution in [0.25, 0.3) is 0 Å². The first-order valence-corrected chi connectivity index (χ1v) is 5.73. The van der Waals surface area contributed by atoms with E-state index in [9.17, 15) is 9.59 Å². The van der Waals surface area contributed by atoms with E-state index in [1.54, 1.807) is 18.2 Å². The Morgan fingerprint density at radius 3 is 2.47 bits per heavy atom. The van der Waals surface area contributed by atoms with Crippen LogP contribution in [0.5, 0.6) is 0 Å². The molecule has 0 radical (unpaired) electrons. The van der Waals surface area contributed by atoms with Crippen molar-refractivity contribution in [1.29, 1.82) is 0 Å². The van der Waals surface area contributed by atoms with Crippen molar-refractivity contribution in [2.45, 2.75) is 13.3 Å². The van der Waals surface area contributed by atoms with Crippen LogP contribution in [0.3, 0.4) is 0 Å². The lowest BCUT2D eigenvalue weighted by atomic mass is 9.96. The maximum absolute atomic E-state index is 11.4. The zero-order valence-electron chi connectivity index (χ0n) is 9.50. The molecule has 0 saturated heterocycles. The van der Waals surface area contributed by atoms with E-state index in [2.05, 4.69) is 4.74 Å². The molecule has 17 heavy (non-hydrogen) atoms. The van der Waals surface area contributed by atoms with Crippen LogP contribution in [0.1, 0.15) is 12.5 Å². The van der Waals surface area contributed by atoms with E-state index in [0.29, 0.717) is 15.6 Å². The maximum atomic E-state index is 11.4. The highest BCUT2D eigenvalue weighted by Gasteiger charge is 2.25. The SMILES string of the molecule is COC(=O)C(Cc1ccc(Cl)cc1Cl)C(C)=O. The number of hydrogen-bond donors (Lipinski definition) is 0. The predicted molar refractivity (Wildman–Crippen MR) is 66.4 cm³/mol. The molecule has 1 aromatic rings. The second kappa shape index (κ2) is 6.03. The lowest BCUT2D eigenvalue weighted by molar-refractivity contribution is -0.148. The summed E-state index contributed by atoms with van der Waals surface area (Å²) < 4.78 is 4.58. The average molecular weight is 275 g/mol. The van der Waals surface area contributed by atoms with Crippen molar-refractivity contribution in [2.75, 3.05) is 7.11 Å². The summed E-state index contributed by atoms with van der Waals surface area (Å²) in [5.41, 5.74) is 0.696. The maximum Gasteiger partial charge on any atom is 0.316 e. The van der Waals surface area contributed by atoms with Crippen LogP contribution in [0, 0.1) is 5.92 Å². The van der Waals surface area contributed by atoms with Crippen molar-refractivity contribution in [1.82, 2.24) is 0 Å². The van der Waals surface area contributed by atoms with Gasteiger partial charge in [0, 0.05) is 10.0 Å². The molecule has 0 N–H and O–H groups in total. The molecule has 1 atom stereocenters. The zero-order valence-corrected chi connectivity index (χ0v) is 11.0. The minimum Gasteiger partial charge on any atom is -0.468 e. The number of hydrogen-bond acceptors (Lipinski definition) is 3. The quantitative estimate of drug-likeness (QED) is 0.626. The van der Waals surface area contributed by atoms with Gasteiger partial charge in [-0.3, -0.25) is 9.59 Å². The summed E-state index contributed by atoms with van der Waals surface area (Å²) in [4.78, 5) is 22.8. The van der Waals surface area contributed by atoms with Gasteiger partial charge in [0.2, 0.25) is 0 Å². The predicted octanol–water partition coefficient (Wildman–Crippen LogP) is 2.91. The van der Waals surface area contributed by atoms with Crippen molar-refractivity contribution in [3.05, 3.63) is 33.8 Å². The molecule has 92 valence electrons. The molecule has 1 unspecified atom stereocenters. The molecule has 0 saturated carbocycles. The Labute approximate surface area is 110 Å².